The molecule has 1 aromatic rings. The van der Waals surface area contributed by atoms with Gasteiger partial charge in [0, 0.05) is 36.7 Å². The van der Waals surface area contributed by atoms with E-state index in [9.17, 15) is 22.8 Å². The lowest BCUT2D eigenvalue weighted by Gasteiger charge is -2.59. The third kappa shape index (κ3) is 3.77. The summed E-state index contributed by atoms with van der Waals surface area (Å²) in [6, 6.07) is 0.801. The Hall–Kier alpha value is -2.09. The number of pyridine rings is 1. The molecule has 3 aliphatic carbocycles. The number of halogens is 4. The van der Waals surface area contributed by atoms with E-state index < -0.39 is 11.7 Å². The van der Waals surface area contributed by atoms with Gasteiger partial charge in [0.1, 0.15) is 0 Å². The van der Waals surface area contributed by atoms with E-state index in [1.807, 2.05) is 11.9 Å². The summed E-state index contributed by atoms with van der Waals surface area (Å²) in [6.07, 6.45) is 2.11. The molecule has 1 aromatic heterocycles. The second kappa shape index (κ2) is 8.47. The number of amides is 2. The maximum Gasteiger partial charge on any atom is 0.417 e. The number of piperidine rings is 1. The highest BCUT2D eigenvalue weighted by Crippen LogP contribution is 2.67. The Morgan fingerprint density at radius 3 is 2.58 bits per heavy atom. The first-order chi connectivity index (χ1) is 16.8. The molecule has 4 aliphatic rings. The van der Waals surface area contributed by atoms with Crippen molar-refractivity contribution in [2.24, 2.45) is 34.5 Å². The molecule has 1 unspecified atom stereocenters. The number of aromatic nitrogens is 1. The largest absolute Gasteiger partial charge is 0.417 e. The molecule has 1 saturated heterocycles. The van der Waals surface area contributed by atoms with E-state index in [4.69, 9.17) is 11.6 Å². The Kier molecular flexibility index (Phi) is 6.01. The molecule has 1 aliphatic heterocycles. The average molecular weight is 524 g/mol. The van der Waals surface area contributed by atoms with E-state index in [1.165, 1.54) is 11.3 Å². The molecule has 6 atom stereocenters. The summed E-state index contributed by atoms with van der Waals surface area (Å²) >= 11 is 6.06. The average Bonchev–Trinajstić information content (AvgIpc) is 3.15. The summed E-state index contributed by atoms with van der Waals surface area (Å²) < 4.78 is 38.9. The van der Waals surface area contributed by atoms with Crippen LogP contribution in [0, 0.1) is 34.5 Å². The molecule has 2 heterocycles. The summed E-state index contributed by atoms with van der Waals surface area (Å²) in [5.41, 5.74) is 1.31. The van der Waals surface area contributed by atoms with Gasteiger partial charge in [-0.2, -0.15) is 13.2 Å². The summed E-state index contributed by atoms with van der Waals surface area (Å²) in [4.78, 5) is 31.6. The third-order valence-electron chi connectivity index (χ3n) is 10.0. The van der Waals surface area contributed by atoms with Crippen LogP contribution in [0.1, 0.15) is 71.3 Å². The van der Waals surface area contributed by atoms with Crippen molar-refractivity contribution in [2.75, 3.05) is 12.4 Å². The maximum absolute atomic E-state index is 13.4. The van der Waals surface area contributed by atoms with Crippen LogP contribution in [0.5, 0.6) is 0 Å². The third-order valence-corrected chi connectivity index (χ3v) is 10.3. The molecule has 5 nitrogen and oxygen atoms in total. The molecule has 36 heavy (non-hydrogen) atoms. The highest BCUT2D eigenvalue weighted by molar-refractivity contribution is 6.33. The minimum atomic E-state index is -4.55. The molecule has 2 amide bonds. The molecule has 2 saturated carbocycles. The number of likely N-dealkylation sites (tertiary alicyclic amines) is 1. The van der Waals surface area contributed by atoms with Crippen molar-refractivity contribution >= 4 is 29.2 Å². The molecule has 3 fully saturated rings. The molecule has 1 N–H and O–H groups in total. The van der Waals surface area contributed by atoms with Crippen LogP contribution in [0.15, 0.2) is 23.5 Å². The highest BCUT2D eigenvalue weighted by Gasteiger charge is 2.61. The number of nitrogens with zero attached hydrogens (tertiary/aromatic N) is 2. The summed E-state index contributed by atoms with van der Waals surface area (Å²) in [6.45, 7) is 6.69. The Morgan fingerprint density at radius 1 is 1.19 bits per heavy atom. The maximum atomic E-state index is 13.4. The molecular weight excluding hydrogens is 491 g/mol. The summed E-state index contributed by atoms with van der Waals surface area (Å²) in [5, 5.41) is 2.51. The Labute approximate surface area is 214 Å². The van der Waals surface area contributed by atoms with Gasteiger partial charge in [0.25, 0.3) is 0 Å². The predicted octanol–water partition coefficient (Wildman–Crippen LogP) is 6.69. The van der Waals surface area contributed by atoms with Crippen LogP contribution in [0.4, 0.5) is 19.0 Å². The minimum Gasteiger partial charge on any atom is -0.319 e. The van der Waals surface area contributed by atoms with E-state index >= 15 is 0 Å². The molecule has 0 radical (unpaired) electrons. The number of rotatable bonds is 2. The van der Waals surface area contributed by atoms with Crippen molar-refractivity contribution in [2.45, 2.75) is 71.9 Å². The van der Waals surface area contributed by atoms with E-state index in [0.717, 1.165) is 44.6 Å². The number of fused-ring (bicyclic) bond motifs is 5. The number of carbonyl (C=O) groups is 2. The summed E-state index contributed by atoms with van der Waals surface area (Å²) in [7, 11) is 1.90. The van der Waals surface area contributed by atoms with E-state index in [-0.39, 0.29) is 39.4 Å². The van der Waals surface area contributed by atoms with Crippen molar-refractivity contribution in [1.29, 1.82) is 0 Å². The smallest absolute Gasteiger partial charge is 0.319 e. The second-order valence-corrected chi connectivity index (χ2v) is 12.2. The van der Waals surface area contributed by atoms with E-state index in [2.05, 4.69) is 31.1 Å². The number of carbonyl (C=O) groups excluding carboxylic acids is 2. The van der Waals surface area contributed by atoms with Crippen LogP contribution >= 0.6 is 11.6 Å². The van der Waals surface area contributed by atoms with Crippen molar-refractivity contribution in [3.8, 4) is 0 Å². The molecule has 196 valence electrons. The zero-order valence-corrected chi connectivity index (χ0v) is 21.9. The lowest BCUT2D eigenvalue weighted by Crippen LogP contribution is -2.54. The first kappa shape index (κ1) is 25.6. The minimum absolute atomic E-state index is 0.0288. The van der Waals surface area contributed by atoms with Crippen molar-refractivity contribution in [1.82, 2.24) is 9.88 Å². The van der Waals surface area contributed by atoms with Gasteiger partial charge in [-0.1, -0.05) is 31.0 Å². The van der Waals surface area contributed by atoms with E-state index in [0.29, 0.717) is 30.4 Å². The van der Waals surface area contributed by atoms with Crippen molar-refractivity contribution in [3.63, 3.8) is 0 Å². The highest BCUT2D eigenvalue weighted by atomic mass is 35.5. The quantitative estimate of drug-likeness (QED) is 0.470. The number of anilines is 1. The summed E-state index contributed by atoms with van der Waals surface area (Å²) in [5.74, 6) is 0.984. The predicted molar refractivity (Wildman–Crippen MR) is 131 cm³/mol. The van der Waals surface area contributed by atoms with Crippen LogP contribution in [0.2, 0.25) is 5.02 Å². The normalized spacial score (nSPS) is 36.3. The van der Waals surface area contributed by atoms with Gasteiger partial charge in [-0.3, -0.25) is 9.59 Å². The monoisotopic (exact) mass is 523 g/mol. The molecule has 9 heteroatoms. The Morgan fingerprint density at radius 2 is 1.92 bits per heavy atom. The first-order valence-corrected chi connectivity index (χ1v) is 13.2. The number of nitrogens with one attached hydrogen (secondary N) is 1. The lowest BCUT2D eigenvalue weighted by molar-refractivity contribution is -0.138. The van der Waals surface area contributed by atoms with Gasteiger partial charge in [-0.05, 0) is 74.7 Å². The van der Waals surface area contributed by atoms with Gasteiger partial charge in [-0.25, -0.2) is 4.98 Å². The molecule has 5 rings (SSSR count). The van der Waals surface area contributed by atoms with Gasteiger partial charge in [-0.15, -0.1) is 0 Å². The lowest BCUT2D eigenvalue weighted by atomic mass is 9.48. The van der Waals surface area contributed by atoms with Crippen LogP contribution in [-0.4, -0.2) is 28.7 Å². The van der Waals surface area contributed by atoms with E-state index in [1.54, 1.807) is 0 Å². The molecule has 0 aromatic carbocycles. The number of allylic oxidation sites excluding steroid dienone is 2. The zero-order valence-electron chi connectivity index (χ0n) is 21.1. The zero-order chi connectivity index (χ0) is 26.2. The number of hydrogen-bond donors (Lipinski definition) is 1. The van der Waals surface area contributed by atoms with Gasteiger partial charge < -0.3 is 10.2 Å². The van der Waals surface area contributed by atoms with Crippen LogP contribution in [0.3, 0.4) is 0 Å². The van der Waals surface area contributed by atoms with Crippen LogP contribution in [-0.2, 0) is 15.8 Å². The molecule has 0 spiro atoms. The van der Waals surface area contributed by atoms with Gasteiger partial charge in [0.15, 0.2) is 5.82 Å². The number of alkyl halides is 3. The van der Waals surface area contributed by atoms with Gasteiger partial charge in [0.2, 0.25) is 11.8 Å². The SMILES string of the molecule is CC1=C2N(C)C(=O)CC[C@]2(C)[C@@H]2CC[C@]3(C)C(C(=O)Nc4ncc(C(F)(F)F)cc4Cl)CC[C@H]3[C@@H]2C1. The molecule has 0 bridgehead atoms. The van der Waals surface area contributed by atoms with Gasteiger partial charge in [0.05, 0.1) is 10.6 Å². The van der Waals surface area contributed by atoms with Gasteiger partial charge >= 0.3 is 6.18 Å². The topological polar surface area (TPSA) is 62.3 Å². The Balaban J connectivity index is 1.38. The van der Waals surface area contributed by atoms with Crippen LogP contribution in [0.25, 0.3) is 0 Å². The van der Waals surface area contributed by atoms with Crippen molar-refractivity contribution in [3.05, 3.63) is 34.1 Å². The number of hydrogen-bond acceptors (Lipinski definition) is 3. The second-order valence-electron chi connectivity index (χ2n) is 11.8. The standard InChI is InChI=1S/C27H33ClF3N3O2/c1-14-11-16-17-5-6-19(24(36)33-23-20(28)12-15(13-32-23)27(29,30)31)25(17,2)9-7-18(16)26(3)10-8-21(35)34(4)22(14)26/h12-13,16-19H,5-11H2,1-4H3,(H,32,33,36)/t16-,17-,18+,19?,25-,26+/m0/s1. The van der Waals surface area contributed by atoms with Crippen LogP contribution < -0.4 is 5.32 Å². The van der Waals surface area contributed by atoms with Crippen molar-refractivity contribution < 1.29 is 22.8 Å². The fourth-order valence-electron chi connectivity index (χ4n) is 8.43. The Bertz CT molecular complexity index is 1150. The molecular formula is C27H33ClF3N3O2. The fourth-order valence-corrected chi connectivity index (χ4v) is 8.64. The first-order valence-electron chi connectivity index (χ1n) is 12.8. The fraction of sp³-hybridized carbons (Fsp3) is 0.667.